The molecule has 11 heavy (non-hydrogen) atoms. The molecule has 0 aromatic rings. The van der Waals surface area contributed by atoms with Crippen LogP contribution in [0.15, 0.2) is 0 Å². The number of hydrogen-bond donors (Lipinski definition) is 2. The van der Waals surface area contributed by atoms with Crippen molar-refractivity contribution in [2.24, 2.45) is 0 Å². The molecule has 0 fully saturated rings. The van der Waals surface area contributed by atoms with E-state index in [2.05, 4.69) is 0 Å². The van der Waals surface area contributed by atoms with Crippen molar-refractivity contribution in [2.75, 3.05) is 0 Å². The SMILES string of the molecule is N#[O+].O=[N+](O)O.[Co+2].[NH2-].[NH2-].[NH2-].[NH2-]. The third-order valence-corrected chi connectivity index (χ3v) is 0. The Morgan fingerprint density at radius 1 is 1.00 bits per heavy atom. The van der Waals surface area contributed by atoms with E-state index >= 15 is 0 Å². The normalized spacial score (nSPS) is 2.36. The molecule has 0 saturated carbocycles. The van der Waals surface area contributed by atoms with Crippen LogP contribution < -0.4 is 0 Å². The first-order chi connectivity index (χ1) is 2.73. The summed E-state index contributed by atoms with van der Waals surface area (Å²) in [4.78, 5) is 8.47. The summed E-state index contributed by atoms with van der Waals surface area (Å²) < 4.78 is 7.25. The molecule has 0 bridgehead atoms. The predicted molar refractivity (Wildman–Crippen MR) is 30.7 cm³/mol. The van der Waals surface area contributed by atoms with Crippen molar-refractivity contribution >= 4 is 0 Å². The summed E-state index contributed by atoms with van der Waals surface area (Å²) in [5.74, 6) is 0. The van der Waals surface area contributed by atoms with Crippen molar-refractivity contribution in [1.29, 1.82) is 5.46 Å². The van der Waals surface area contributed by atoms with Crippen LogP contribution in [0.3, 0.4) is 0 Å². The fourth-order valence-corrected chi connectivity index (χ4v) is 0. The quantitative estimate of drug-likeness (QED) is 0.457. The second-order valence-corrected chi connectivity index (χ2v) is 0.253. The molecule has 0 rings (SSSR count). The first-order valence-corrected chi connectivity index (χ1v) is 0.765. The Morgan fingerprint density at radius 3 is 1.00 bits per heavy atom. The predicted octanol–water partition coefficient (Wildman–Crippen LogP) is 2.31. The van der Waals surface area contributed by atoms with Crippen molar-refractivity contribution < 1.29 is 37.1 Å². The second kappa shape index (κ2) is 127. The van der Waals surface area contributed by atoms with Crippen LogP contribution in [0.4, 0.5) is 0 Å². The minimum absolute atomic E-state index is 0. The van der Waals surface area contributed by atoms with Gasteiger partial charge in [0.05, 0.1) is 0 Å². The van der Waals surface area contributed by atoms with E-state index in [9.17, 15) is 0 Å². The maximum Gasteiger partial charge on any atom is 2.00 e. The van der Waals surface area contributed by atoms with Crippen molar-refractivity contribution in [1.82, 2.24) is 0 Å². The summed E-state index contributed by atoms with van der Waals surface area (Å²) >= 11 is 0. The second-order valence-electron chi connectivity index (χ2n) is 0.253. The fourth-order valence-electron chi connectivity index (χ4n) is 0. The summed E-state index contributed by atoms with van der Waals surface area (Å²) in [6.45, 7) is 0. The van der Waals surface area contributed by atoms with Gasteiger partial charge in [-0.2, -0.15) is 0 Å². The van der Waals surface area contributed by atoms with Crippen LogP contribution >= 0.6 is 0 Å². The average Bonchev–Trinajstić information content (AvgIpc) is 1.41. The molecule has 10 nitrogen and oxygen atoms in total. The molecular weight excluding hydrogens is 207 g/mol. The minimum Gasteiger partial charge on any atom is -0.693 e. The Bertz CT molecular complexity index is 58.8. The van der Waals surface area contributed by atoms with Gasteiger partial charge in [0.1, 0.15) is 4.91 Å². The Morgan fingerprint density at radius 2 is 1.00 bits per heavy atom. The number of nitrogens with two attached hydrogens (primary N) is 4. The van der Waals surface area contributed by atoms with Gasteiger partial charge in [-0.05, 0) is 0 Å². The molecule has 11 heteroatoms. The summed E-state index contributed by atoms with van der Waals surface area (Å²) in [7, 11) is 0. The molecule has 0 saturated heterocycles. The molecule has 0 aromatic carbocycles. The van der Waals surface area contributed by atoms with Gasteiger partial charge in [-0.25, -0.2) is 10.4 Å². The van der Waals surface area contributed by atoms with E-state index in [1.54, 1.807) is 0 Å². The monoisotopic (exact) mass is 217 g/mol. The summed E-state index contributed by atoms with van der Waals surface area (Å²) in [6, 6.07) is 0. The van der Waals surface area contributed by atoms with Crippen LogP contribution in [0.5, 0.6) is 0 Å². The largest absolute Gasteiger partial charge is 2.00 e. The molecule has 73 valence electrons. The zero-order chi connectivity index (χ0) is 5.58. The Balaban J connectivity index is -0.00000000432. The molecule has 0 amide bonds. The fraction of sp³-hybridized carbons (Fsp3) is 0. The van der Waals surface area contributed by atoms with Crippen molar-refractivity contribution in [2.45, 2.75) is 0 Å². The Labute approximate surface area is 72.9 Å². The average molecular weight is 217 g/mol. The van der Waals surface area contributed by atoms with Crippen molar-refractivity contribution in [3.05, 3.63) is 29.5 Å². The molecule has 0 spiro atoms. The van der Waals surface area contributed by atoms with E-state index in [0.717, 1.165) is 0 Å². The summed E-state index contributed by atoms with van der Waals surface area (Å²) in [6.07, 6.45) is 0. The summed E-state index contributed by atoms with van der Waals surface area (Å²) in [5.41, 5.74) is 5.75. The van der Waals surface area contributed by atoms with Gasteiger partial charge in [0, 0.05) is 0 Å². The molecule has 0 aliphatic rings. The third-order valence-electron chi connectivity index (χ3n) is 0. The van der Waals surface area contributed by atoms with Crippen LogP contribution in [0.2, 0.25) is 0 Å². The zero-order valence-electron chi connectivity index (χ0n) is 5.25. The molecule has 0 aromatic heterocycles. The minimum atomic E-state index is -1.25. The van der Waals surface area contributed by atoms with Gasteiger partial charge in [-0.15, -0.1) is 0 Å². The van der Waals surface area contributed by atoms with E-state index in [1.165, 1.54) is 0 Å². The number of rotatable bonds is 0. The topological polar surface area (TPSA) is 238 Å². The molecule has 0 unspecified atom stereocenters. The van der Waals surface area contributed by atoms with Gasteiger partial charge in [-0.3, -0.25) is 0 Å². The van der Waals surface area contributed by atoms with Crippen LogP contribution in [0, 0.1) is 10.4 Å². The smallest absolute Gasteiger partial charge is 0.693 e. The number of nitrogens with zero attached hydrogens (tertiary/aromatic N) is 2. The van der Waals surface area contributed by atoms with Crippen LogP contribution in [-0.2, 0) is 21.6 Å². The molecule has 1 radical (unpaired) electrons. The van der Waals surface area contributed by atoms with E-state index < -0.39 is 5.09 Å². The van der Waals surface area contributed by atoms with E-state index in [-0.39, 0.29) is 41.4 Å². The van der Waals surface area contributed by atoms with Crippen LogP contribution in [0.25, 0.3) is 24.6 Å². The van der Waals surface area contributed by atoms with Crippen LogP contribution in [0.1, 0.15) is 0 Å². The third kappa shape index (κ3) is 782. The first-order valence-electron chi connectivity index (χ1n) is 0.765. The molecule has 0 heterocycles. The van der Waals surface area contributed by atoms with Gasteiger partial charge in [0.25, 0.3) is 0 Å². The standard InChI is InChI=1S/Co.H2NO3.NO.4H2N/c;2-1(3)4;1-2;;;;/h;(H2,2,3,4);;4*1H2/q+2;2*+1;4*-1. The van der Waals surface area contributed by atoms with Gasteiger partial charge in [0.2, 0.25) is 0 Å². The van der Waals surface area contributed by atoms with Gasteiger partial charge >= 0.3 is 32.1 Å². The summed E-state index contributed by atoms with van der Waals surface area (Å²) in [5, 5.41) is 12.5. The Hall–Kier alpha value is -0.784. The van der Waals surface area contributed by atoms with Crippen molar-refractivity contribution in [3.8, 4) is 0 Å². The van der Waals surface area contributed by atoms with E-state index in [4.69, 9.17) is 25.6 Å². The maximum absolute atomic E-state index is 8.47. The first kappa shape index (κ1) is 83.9. The van der Waals surface area contributed by atoms with Gasteiger partial charge in [0.15, 0.2) is 0 Å². The zero-order valence-corrected chi connectivity index (χ0v) is 6.29. The molecule has 0 atom stereocenters. The van der Waals surface area contributed by atoms with E-state index in [1.807, 2.05) is 0 Å². The molecular formula is H10CoN6O4. The van der Waals surface area contributed by atoms with Crippen molar-refractivity contribution in [3.63, 3.8) is 0 Å². The van der Waals surface area contributed by atoms with Gasteiger partial charge < -0.3 is 24.6 Å². The maximum atomic E-state index is 8.47. The molecule has 0 aliphatic heterocycles. The van der Waals surface area contributed by atoms with E-state index in [0.29, 0.717) is 0 Å². The molecule has 0 aliphatic carbocycles. The molecule has 10 N–H and O–H groups in total. The van der Waals surface area contributed by atoms with Gasteiger partial charge in [-0.1, -0.05) is 0 Å². The van der Waals surface area contributed by atoms with Crippen LogP contribution in [-0.4, -0.2) is 15.5 Å². The Kier molecular flexibility index (Phi) is 966. The number of hydrogen-bond acceptors (Lipinski definition) is 2.